The normalized spacial score (nSPS) is 16.1. The summed E-state index contributed by atoms with van der Waals surface area (Å²) in [5, 5.41) is 0. The molecule has 4 rings (SSSR count). The standard InChI is InChI=1S/C20H14O5/c1-11-3-5-12(6-4-11)17-15-16(20(22)24-17)18(25-19(15)21)13-7-9-14(23-2)10-8-13/h3-10H,1-2H3. The van der Waals surface area contributed by atoms with Gasteiger partial charge in [0.25, 0.3) is 0 Å². The molecule has 0 bridgehead atoms. The summed E-state index contributed by atoms with van der Waals surface area (Å²) >= 11 is 0. The molecule has 124 valence electrons. The third kappa shape index (κ3) is 2.41. The van der Waals surface area contributed by atoms with Crippen LogP contribution >= 0.6 is 0 Å². The molecule has 0 N–H and O–H groups in total. The summed E-state index contributed by atoms with van der Waals surface area (Å²) in [6, 6.07) is 14.3. The maximum atomic E-state index is 12.4. The van der Waals surface area contributed by atoms with Gasteiger partial charge in [-0.2, -0.15) is 0 Å². The number of methoxy groups -OCH3 is 1. The lowest BCUT2D eigenvalue weighted by molar-refractivity contribution is -0.131. The number of hydrogen-bond donors (Lipinski definition) is 0. The van der Waals surface area contributed by atoms with Crippen LogP contribution < -0.4 is 4.74 Å². The Morgan fingerprint density at radius 1 is 0.720 bits per heavy atom. The van der Waals surface area contributed by atoms with Crippen LogP contribution in [0.1, 0.15) is 16.7 Å². The minimum atomic E-state index is -0.581. The van der Waals surface area contributed by atoms with E-state index in [4.69, 9.17) is 14.2 Å². The van der Waals surface area contributed by atoms with Gasteiger partial charge in [-0.05, 0) is 31.2 Å². The number of hydrogen-bond acceptors (Lipinski definition) is 5. The molecule has 0 amide bonds. The minimum absolute atomic E-state index is 0.172. The molecule has 0 aliphatic carbocycles. The second-order valence-electron chi connectivity index (χ2n) is 5.78. The van der Waals surface area contributed by atoms with E-state index in [1.165, 1.54) is 0 Å². The monoisotopic (exact) mass is 334 g/mol. The van der Waals surface area contributed by atoms with Crippen LogP contribution in [0.15, 0.2) is 59.7 Å². The van der Waals surface area contributed by atoms with Crippen LogP contribution in [0.2, 0.25) is 0 Å². The number of carbonyl (C=O) groups is 2. The topological polar surface area (TPSA) is 61.8 Å². The van der Waals surface area contributed by atoms with Crippen LogP contribution in [0.4, 0.5) is 0 Å². The van der Waals surface area contributed by atoms with E-state index in [0.29, 0.717) is 16.9 Å². The molecule has 2 aliphatic rings. The van der Waals surface area contributed by atoms with E-state index in [1.807, 2.05) is 31.2 Å². The van der Waals surface area contributed by atoms with Gasteiger partial charge in [0.2, 0.25) is 0 Å². The predicted octanol–water partition coefficient (Wildman–Crippen LogP) is 3.24. The first-order chi connectivity index (χ1) is 12.1. The largest absolute Gasteiger partial charge is 0.497 e. The molecule has 0 spiro atoms. The predicted molar refractivity (Wildman–Crippen MR) is 90.2 cm³/mol. The van der Waals surface area contributed by atoms with Gasteiger partial charge in [0.1, 0.15) is 16.9 Å². The van der Waals surface area contributed by atoms with E-state index < -0.39 is 11.9 Å². The molecule has 0 unspecified atom stereocenters. The van der Waals surface area contributed by atoms with Gasteiger partial charge in [0, 0.05) is 11.1 Å². The lowest BCUT2D eigenvalue weighted by Crippen LogP contribution is -2.01. The summed E-state index contributed by atoms with van der Waals surface area (Å²) in [7, 11) is 1.57. The van der Waals surface area contributed by atoms with Crippen molar-refractivity contribution >= 4 is 23.5 Å². The first-order valence-corrected chi connectivity index (χ1v) is 7.73. The van der Waals surface area contributed by atoms with Crippen molar-refractivity contribution in [1.82, 2.24) is 0 Å². The van der Waals surface area contributed by atoms with Crippen molar-refractivity contribution in [2.45, 2.75) is 6.92 Å². The highest BCUT2D eigenvalue weighted by Crippen LogP contribution is 2.43. The number of carbonyl (C=O) groups excluding carboxylic acids is 2. The number of esters is 2. The van der Waals surface area contributed by atoms with E-state index in [9.17, 15) is 9.59 Å². The Morgan fingerprint density at radius 2 is 1.16 bits per heavy atom. The Morgan fingerprint density at radius 3 is 1.60 bits per heavy atom. The highest BCUT2D eigenvalue weighted by Gasteiger charge is 2.45. The Balaban J connectivity index is 1.84. The van der Waals surface area contributed by atoms with E-state index in [-0.39, 0.29) is 22.7 Å². The summed E-state index contributed by atoms with van der Waals surface area (Å²) in [6.45, 7) is 1.96. The molecule has 0 fully saturated rings. The van der Waals surface area contributed by atoms with Crippen LogP contribution in [-0.2, 0) is 19.1 Å². The summed E-state index contributed by atoms with van der Waals surface area (Å²) < 4.78 is 15.9. The highest BCUT2D eigenvalue weighted by atomic mass is 16.6. The Kier molecular flexibility index (Phi) is 3.42. The fraction of sp³-hybridized carbons (Fsp3) is 0.100. The fourth-order valence-electron chi connectivity index (χ4n) is 2.86. The molecule has 2 aromatic rings. The number of aryl methyl sites for hydroxylation is 1. The van der Waals surface area contributed by atoms with Gasteiger partial charge >= 0.3 is 11.9 Å². The highest BCUT2D eigenvalue weighted by molar-refractivity contribution is 6.24. The summed E-state index contributed by atoms with van der Waals surface area (Å²) in [5.41, 5.74) is 2.70. The third-order valence-electron chi connectivity index (χ3n) is 4.17. The van der Waals surface area contributed by atoms with Crippen molar-refractivity contribution in [1.29, 1.82) is 0 Å². The van der Waals surface area contributed by atoms with Crippen LogP contribution in [0.5, 0.6) is 5.75 Å². The Labute approximate surface area is 144 Å². The molecule has 0 saturated heterocycles. The van der Waals surface area contributed by atoms with E-state index in [0.717, 1.165) is 5.56 Å². The van der Waals surface area contributed by atoms with Gasteiger partial charge in [0.15, 0.2) is 11.5 Å². The van der Waals surface area contributed by atoms with Crippen LogP contribution in [0.3, 0.4) is 0 Å². The van der Waals surface area contributed by atoms with Gasteiger partial charge < -0.3 is 14.2 Å². The second kappa shape index (κ2) is 5.63. The van der Waals surface area contributed by atoms with Gasteiger partial charge in [-0.1, -0.05) is 29.8 Å². The minimum Gasteiger partial charge on any atom is -0.497 e. The van der Waals surface area contributed by atoms with Crippen molar-refractivity contribution < 1.29 is 23.8 Å². The molecule has 5 heteroatoms. The molecular weight excluding hydrogens is 320 g/mol. The van der Waals surface area contributed by atoms with Crippen molar-refractivity contribution in [3.63, 3.8) is 0 Å². The number of ether oxygens (including phenoxy) is 3. The molecule has 2 heterocycles. The molecular formula is C20H14O5. The van der Waals surface area contributed by atoms with E-state index in [2.05, 4.69) is 0 Å². The van der Waals surface area contributed by atoms with Gasteiger partial charge in [-0.25, -0.2) is 9.59 Å². The third-order valence-corrected chi connectivity index (χ3v) is 4.17. The molecule has 25 heavy (non-hydrogen) atoms. The molecule has 0 aromatic heterocycles. The average Bonchev–Trinajstić information content (AvgIpc) is 3.15. The molecule has 2 aliphatic heterocycles. The fourth-order valence-corrected chi connectivity index (χ4v) is 2.86. The van der Waals surface area contributed by atoms with Gasteiger partial charge in [-0.3, -0.25) is 0 Å². The van der Waals surface area contributed by atoms with Crippen molar-refractivity contribution in [3.8, 4) is 5.75 Å². The van der Waals surface area contributed by atoms with Crippen LogP contribution in [-0.4, -0.2) is 19.0 Å². The van der Waals surface area contributed by atoms with Gasteiger partial charge in [0.05, 0.1) is 7.11 Å². The number of fused-ring (bicyclic) bond motifs is 1. The van der Waals surface area contributed by atoms with Crippen LogP contribution in [0.25, 0.3) is 11.5 Å². The van der Waals surface area contributed by atoms with Crippen molar-refractivity contribution in [2.75, 3.05) is 7.11 Å². The molecule has 5 nitrogen and oxygen atoms in total. The summed E-state index contributed by atoms with van der Waals surface area (Å²) in [4.78, 5) is 24.8. The maximum Gasteiger partial charge on any atom is 0.348 e. The SMILES string of the molecule is COc1ccc(C2=C3C(=O)OC(c4ccc(C)cc4)=C3C(=O)O2)cc1. The summed E-state index contributed by atoms with van der Waals surface area (Å²) in [6.07, 6.45) is 0. The Bertz CT molecular complexity index is 947. The molecule has 0 saturated carbocycles. The second-order valence-corrected chi connectivity index (χ2v) is 5.78. The average molecular weight is 334 g/mol. The maximum absolute atomic E-state index is 12.4. The lowest BCUT2D eigenvalue weighted by Gasteiger charge is -2.07. The Hall–Kier alpha value is -3.34. The van der Waals surface area contributed by atoms with Crippen molar-refractivity contribution in [2.24, 2.45) is 0 Å². The van der Waals surface area contributed by atoms with E-state index >= 15 is 0 Å². The van der Waals surface area contributed by atoms with Crippen molar-refractivity contribution in [3.05, 3.63) is 76.4 Å². The number of rotatable bonds is 3. The number of benzene rings is 2. The van der Waals surface area contributed by atoms with Gasteiger partial charge in [-0.15, -0.1) is 0 Å². The zero-order valence-electron chi connectivity index (χ0n) is 13.7. The molecule has 0 atom stereocenters. The lowest BCUT2D eigenvalue weighted by atomic mass is 10.0. The molecule has 0 radical (unpaired) electrons. The zero-order valence-corrected chi connectivity index (χ0v) is 13.7. The van der Waals surface area contributed by atoms with Crippen LogP contribution in [0, 0.1) is 6.92 Å². The number of cyclic esters (lactones) is 2. The smallest absolute Gasteiger partial charge is 0.348 e. The molecule has 2 aromatic carbocycles. The zero-order chi connectivity index (χ0) is 17.6. The first-order valence-electron chi connectivity index (χ1n) is 7.73. The quantitative estimate of drug-likeness (QED) is 0.807. The van der Waals surface area contributed by atoms with E-state index in [1.54, 1.807) is 31.4 Å². The first kappa shape index (κ1) is 15.2. The summed E-state index contributed by atoms with van der Waals surface area (Å²) in [5.74, 6) is -0.0310.